The van der Waals surface area contributed by atoms with Crippen LogP contribution in [0.25, 0.3) is 11.2 Å². The number of benzene rings is 1. The topological polar surface area (TPSA) is 417 Å². The molecular formula is C47H58F2N13O17P2S-. The molecule has 0 spiro atoms. The van der Waals surface area contributed by atoms with Crippen molar-refractivity contribution in [2.24, 2.45) is 11.7 Å². The molecule has 4 aromatic rings. The summed E-state index contributed by atoms with van der Waals surface area (Å²) in [6, 6.07) is 3.76. The van der Waals surface area contributed by atoms with E-state index in [1.54, 1.807) is 13.8 Å². The fourth-order valence-corrected chi connectivity index (χ4v) is 13.4. The number of amides is 7. The average Bonchev–Trinajstić information content (AvgIpc) is 4.39. The largest absolute Gasteiger partial charge is 0.756 e. The smallest absolute Gasteiger partial charge is 0.389 e. The van der Waals surface area contributed by atoms with E-state index in [0.717, 1.165) is 34.4 Å². The van der Waals surface area contributed by atoms with Gasteiger partial charge in [-0.15, -0.1) is 0 Å². The number of carbonyl (C=O) groups excluding carboxylic acids is 6. The van der Waals surface area contributed by atoms with E-state index < -0.39 is 142 Å². The second-order valence-electron chi connectivity index (χ2n) is 19.5. The van der Waals surface area contributed by atoms with Gasteiger partial charge in [-0.2, -0.15) is 0 Å². The first kappa shape index (κ1) is 61.3. The number of fused-ring (bicyclic) bond motifs is 3. The number of phosphoric ester groups is 1. The number of nitrogens with one attached hydrogen (secondary N) is 5. The molecule has 0 bridgehead atoms. The van der Waals surface area contributed by atoms with E-state index in [0.29, 0.717) is 40.8 Å². The van der Waals surface area contributed by atoms with Gasteiger partial charge < -0.3 is 56.1 Å². The molecule has 0 saturated carbocycles. The molecule has 7 heterocycles. The van der Waals surface area contributed by atoms with Crippen molar-refractivity contribution >= 4 is 84.2 Å². The minimum atomic E-state index is -5.56. The first-order valence-corrected chi connectivity index (χ1v) is 30.2. The van der Waals surface area contributed by atoms with Crippen LogP contribution >= 0.6 is 26.0 Å². The quantitative estimate of drug-likeness (QED) is 0.0351. The number of hydrogen-bond acceptors (Lipinski definition) is 22. The second kappa shape index (κ2) is 26.6. The number of aromatic amines is 1. The van der Waals surface area contributed by atoms with E-state index in [1.165, 1.54) is 36.4 Å². The van der Waals surface area contributed by atoms with Crippen molar-refractivity contribution in [2.45, 2.75) is 119 Å². The van der Waals surface area contributed by atoms with Gasteiger partial charge in [0.25, 0.3) is 25.2 Å². The lowest BCUT2D eigenvalue weighted by Gasteiger charge is -2.32. The van der Waals surface area contributed by atoms with Gasteiger partial charge in [-0.3, -0.25) is 61.4 Å². The minimum absolute atomic E-state index is 0.00189. The third-order valence-electron chi connectivity index (χ3n) is 13.3. The molecule has 82 heavy (non-hydrogen) atoms. The van der Waals surface area contributed by atoms with Gasteiger partial charge in [0.1, 0.15) is 48.3 Å². The van der Waals surface area contributed by atoms with Crippen LogP contribution in [-0.2, 0) is 66.4 Å². The van der Waals surface area contributed by atoms with Crippen LogP contribution in [0.1, 0.15) is 70.4 Å². The highest BCUT2D eigenvalue weighted by Crippen LogP contribution is 2.64. The Balaban J connectivity index is 0.955. The number of H-pyrrole nitrogens is 1. The summed E-state index contributed by atoms with van der Waals surface area (Å²) in [5.74, 6) is -3.32. The highest BCUT2D eigenvalue weighted by atomic mass is 32.7. The lowest BCUT2D eigenvalue weighted by Crippen LogP contribution is -2.54. The number of alkyl halides is 2. The number of nitrogens with zero attached hydrogens (tertiary/aromatic N) is 6. The lowest BCUT2D eigenvalue weighted by atomic mass is 10.0. The van der Waals surface area contributed by atoms with Gasteiger partial charge in [0, 0.05) is 55.4 Å². The van der Waals surface area contributed by atoms with Crippen LogP contribution in [0.4, 0.5) is 25.1 Å². The number of ether oxygens (including phenoxy) is 2. The third-order valence-corrected chi connectivity index (χ3v) is 17.9. The van der Waals surface area contributed by atoms with E-state index in [-0.39, 0.29) is 60.8 Å². The summed E-state index contributed by atoms with van der Waals surface area (Å²) in [5, 5.41) is 10.6. The number of urea groups is 1. The number of unbranched alkanes of at least 4 members (excludes halogenated alkanes) is 2. The molecule has 4 unspecified atom stereocenters. The Morgan fingerprint density at radius 2 is 1.52 bits per heavy atom. The SMILES string of the molecule is CC(C)C(NC(=O)CCCCCN1C(=O)C=CC1=O)C(=O)NC(CCCNC(N)=O)C(=O)Nc1ccc(CSP2(=O)OC[C@H]3O[C@@H](n4cnc5c(N)ncnc54)[C@H](F)[C@@H]3OP(=O)([O-])OC[C@H]3O[C@@H](n4ccc(=O)[nH]c4=O)[C@H](F)[C@@H]3O2)cc1. The molecule has 12 atom stereocenters. The second-order valence-corrected chi connectivity index (χ2v) is 24.9. The summed E-state index contributed by atoms with van der Waals surface area (Å²) in [5.41, 5.74) is 9.86. The molecule has 3 saturated heterocycles. The van der Waals surface area contributed by atoms with Crippen molar-refractivity contribution in [3.8, 4) is 0 Å². The maximum atomic E-state index is 16.6. The van der Waals surface area contributed by atoms with E-state index in [9.17, 15) is 47.8 Å². The number of hydrogen-bond donors (Lipinski definition) is 7. The van der Waals surface area contributed by atoms with Crippen molar-refractivity contribution in [1.82, 2.24) is 49.9 Å². The number of nitrogen functional groups attached to an aromatic ring is 1. The molecule has 4 aliphatic rings. The standard InChI is InChI=1S/C47H59F2N13O17P2S/c1-24(2)36(58-30(63)8-4-3-5-17-60-32(65)13-14-33(60)66)43(68)57-27(7-6-16-52-46(51)69)42(67)56-26-11-9-25(10-12-26)21-82-81(73)75-20-29-38(34(48)45(77-29)62-23-55-37-40(50)53-22-54-41(37)62)78-80(71,72)74-19-28-39(79-81)35(49)44(76-28)61-18-15-31(64)59-47(61)70/h9-15,18,22-24,27-29,34-36,38-39,44-45H,3-8,16-17,19-21H2,1-2H3,(H,56,67)(H,57,68)(H,58,63)(H,71,72)(H2,50,53,54)(H3,51,52,69)(H,59,64,70)/p-1/t27?,28-,29-,34-,35-,36?,38-,39-,44-,45-,81?/m1/s1. The number of anilines is 2. The predicted octanol–water partition coefficient (Wildman–Crippen LogP) is 1.25. The zero-order chi connectivity index (χ0) is 59.0. The molecule has 9 N–H and O–H groups in total. The van der Waals surface area contributed by atoms with Crippen molar-refractivity contribution in [2.75, 3.05) is 37.4 Å². The molecule has 4 aliphatic heterocycles. The summed E-state index contributed by atoms with van der Waals surface area (Å²) in [4.78, 5) is 129. The van der Waals surface area contributed by atoms with Gasteiger partial charge in [0.15, 0.2) is 36.3 Å². The summed E-state index contributed by atoms with van der Waals surface area (Å²) in [6.45, 7) is -3.12. The fraction of sp³-hybridized carbons (Fsp3) is 0.511. The number of imide groups is 1. The lowest BCUT2D eigenvalue weighted by molar-refractivity contribution is -0.235. The summed E-state index contributed by atoms with van der Waals surface area (Å²) in [6.07, 6.45) is -8.73. The summed E-state index contributed by atoms with van der Waals surface area (Å²) < 4.78 is 97.1. The Labute approximate surface area is 468 Å². The van der Waals surface area contributed by atoms with Gasteiger partial charge in [-0.1, -0.05) is 32.4 Å². The van der Waals surface area contributed by atoms with Gasteiger partial charge in [0.2, 0.25) is 17.7 Å². The molecule has 8 rings (SSSR count). The molecule has 3 aromatic heterocycles. The Bertz CT molecular complexity index is 3270. The number of aromatic nitrogens is 6. The van der Waals surface area contributed by atoms with Crippen molar-refractivity contribution in [1.29, 1.82) is 0 Å². The number of imidazole rings is 1. The van der Waals surface area contributed by atoms with E-state index >= 15 is 13.3 Å². The van der Waals surface area contributed by atoms with Gasteiger partial charge >= 0.3 is 18.5 Å². The van der Waals surface area contributed by atoms with Crippen LogP contribution in [0.5, 0.6) is 0 Å². The molecule has 444 valence electrons. The molecule has 30 nitrogen and oxygen atoms in total. The van der Waals surface area contributed by atoms with Gasteiger partial charge in [0.05, 0.1) is 19.5 Å². The first-order chi connectivity index (χ1) is 39.0. The average molecular weight is 1210 g/mol. The normalized spacial score (nSPS) is 27.3. The third kappa shape index (κ3) is 15.1. The summed E-state index contributed by atoms with van der Waals surface area (Å²) >= 11 is 0.508. The highest BCUT2D eigenvalue weighted by Gasteiger charge is 2.54. The Kier molecular flexibility index (Phi) is 19.9. The number of primary amides is 1. The molecule has 0 radical (unpaired) electrons. The zero-order valence-electron chi connectivity index (χ0n) is 43.7. The maximum absolute atomic E-state index is 16.6. The maximum Gasteiger partial charge on any atom is 0.389 e. The predicted molar refractivity (Wildman–Crippen MR) is 282 cm³/mol. The van der Waals surface area contributed by atoms with Crippen LogP contribution in [0.15, 0.2) is 70.9 Å². The van der Waals surface area contributed by atoms with E-state index in [4.69, 9.17) is 39.0 Å². The highest BCUT2D eigenvalue weighted by molar-refractivity contribution is 8.54. The van der Waals surface area contributed by atoms with E-state index in [1.807, 2.05) is 4.98 Å². The number of carbonyl (C=O) groups is 6. The number of nitrogens with two attached hydrogens (primary N) is 2. The van der Waals surface area contributed by atoms with Gasteiger partial charge in [-0.05, 0) is 60.7 Å². The number of rotatable bonds is 21. The van der Waals surface area contributed by atoms with Crippen molar-refractivity contribution < 1.29 is 79.1 Å². The molecule has 35 heteroatoms. The van der Waals surface area contributed by atoms with Crippen LogP contribution in [-0.4, -0.2) is 145 Å². The molecular weight excluding hydrogens is 1150 g/mol. The fourth-order valence-electron chi connectivity index (χ4n) is 9.08. The number of phosphoric acid groups is 1. The Morgan fingerprint density at radius 1 is 0.854 bits per heavy atom. The Morgan fingerprint density at radius 3 is 2.20 bits per heavy atom. The van der Waals surface area contributed by atoms with Crippen LogP contribution in [0.3, 0.4) is 0 Å². The van der Waals surface area contributed by atoms with Gasteiger partial charge in [-0.25, -0.2) is 37.9 Å². The summed E-state index contributed by atoms with van der Waals surface area (Å²) in [7, 11) is -5.56. The first-order valence-electron chi connectivity index (χ1n) is 25.6. The van der Waals surface area contributed by atoms with Crippen LogP contribution in [0.2, 0.25) is 0 Å². The number of halogens is 2. The van der Waals surface area contributed by atoms with Crippen LogP contribution < -0.4 is 48.9 Å². The Hall–Kier alpha value is -6.80. The molecule has 7 amide bonds. The molecule has 0 aliphatic carbocycles. The molecule has 3 fully saturated rings. The minimum Gasteiger partial charge on any atom is -0.756 e. The van der Waals surface area contributed by atoms with Crippen molar-refractivity contribution in [3.05, 3.63) is 87.7 Å². The van der Waals surface area contributed by atoms with E-state index in [2.05, 4.69) is 36.2 Å². The van der Waals surface area contributed by atoms with Crippen LogP contribution in [0, 0.1) is 5.92 Å². The molecule has 1 aromatic carbocycles. The zero-order valence-corrected chi connectivity index (χ0v) is 46.3. The monoisotopic (exact) mass is 1210 g/mol. The van der Waals surface area contributed by atoms with Crippen molar-refractivity contribution in [3.63, 3.8) is 0 Å².